The van der Waals surface area contributed by atoms with Crippen LogP contribution < -0.4 is 20.3 Å². The number of ether oxygens (including phenoxy) is 2. The Kier molecular flexibility index (Phi) is 5.74. The average molecular weight is 450 g/mol. The van der Waals surface area contributed by atoms with E-state index in [4.69, 9.17) is 21.7 Å². The fraction of sp³-hybridized carbons (Fsp3) is 0.360. The number of aromatic nitrogens is 1. The van der Waals surface area contributed by atoms with Crippen molar-refractivity contribution < 1.29 is 9.47 Å². The Hall–Kier alpha value is -3.06. The number of hydrogen-bond donors (Lipinski definition) is 2. The van der Waals surface area contributed by atoms with Crippen LogP contribution in [0.2, 0.25) is 0 Å². The van der Waals surface area contributed by atoms with Gasteiger partial charge in [-0.3, -0.25) is 4.79 Å². The Morgan fingerprint density at radius 2 is 1.91 bits per heavy atom. The maximum absolute atomic E-state index is 13.0. The summed E-state index contributed by atoms with van der Waals surface area (Å²) in [5, 5.41) is 4.98. The Bertz CT molecular complexity index is 1220. The highest BCUT2D eigenvalue weighted by molar-refractivity contribution is 7.80. The molecule has 0 unspecified atom stereocenters. The molecule has 6 nitrogen and oxygen atoms in total. The number of nitrogens with zero attached hydrogens (tertiary/aromatic N) is 1. The van der Waals surface area contributed by atoms with Gasteiger partial charge in [0.15, 0.2) is 16.6 Å². The van der Waals surface area contributed by atoms with E-state index in [1.165, 1.54) is 24.8 Å². The number of benzene rings is 2. The molecule has 0 radical (unpaired) electrons. The molecule has 0 amide bonds. The predicted molar refractivity (Wildman–Crippen MR) is 131 cm³/mol. The predicted octanol–water partition coefficient (Wildman–Crippen LogP) is 5.10. The highest BCUT2D eigenvalue weighted by Crippen LogP contribution is 2.35. The Morgan fingerprint density at radius 1 is 1.12 bits per heavy atom. The Balaban J connectivity index is 1.45. The van der Waals surface area contributed by atoms with Crippen LogP contribution in [0.3, 0.4) is 0 Å². The number of aryl methyl sites for hydroxylation is 1. The molecule has 1 fully saturated rings. The van der Waals surface area contributed by atoms with Crippen LogP contribution in [0.15, 0.2) is 47.3 Å². The van der Waals surface area contributed by atoms with Crippen molar-refractivity contribution in [3.63, 3.8) is 0 Å². The maximum Gasteiger partial charge on any atom is 0.253 e. The molecule has 2 heterocycles. The third-order valence-electron chi connectivity index (χ3n) is 6.30. The van der Waals surface area contributed by atoms with Crippen molar-refractivity contribution in [2.24, 2.45) is 0 Å². The molecule has 0 atom stereocenters. The van der Waals surface area contributed by atoms with E-state index in [0.29, 0.717) is 34.8 Å². The summed E-state index contributed by atoms with van der Waals surface area (Å²) in [5.41, 5.74) is 3.47. The van der Waals surface area contributed by atoms with E-state index in [9.17, 15) is 4.79 Å². The van der Waals surface area contributed by atoms with Crippen molar-refractivity contribution in [3.05, 3.63) is 63.9 Å². The molecule has 0 saturated heterocycles. The fourth-order valence-corrected chi connectivity index (χ4v) is 4.95. The first-order valence-corrected chi connectivity index (χ1v) is 11.6. The fourth-order valence-electron chi connectivity index (χ4n) is 4.62. The lowest BCUT2D eigenvalue weighted by Gasteiger charge is -2.36. The normalized spacial score (nSPS) is 15.7. The summed E-state index contributed by atoms with van der Waals surface area (Å²) in [6.45, 7) is 2.73. The minimum absolute atomic E-state index is 0.101. The number of thiocarbonyl (C=S) groups is 1. The zero-order chi connectivity index (χ0) is 22.1. The minimum atomic E-state index is -0.101. The molecule has 0 spiro atoms. The second-order valence-corrected chi connectivity index (χ2v) is 9.02. The molecule has 7 heteroatoms. The number of aromatic amines is 1. The number of hydrogen-bond acceptors (Lipinski definition) is 4. The molecule has 2 aromatic carbocycles. The Labute approximate surface area is 192 Å². The van der Waals surface area contributed by atoms with Gasteiger partial charge in [-0.2, -0.15) is 0 Å². The first-order chi connectivity index (χ1) is 15.6. The number of H-pyrrole nitrogens is 1. The monoisotopic (exact) mass is 449 g/mol. The van der Waals surface area contributed by atoms with Crippen LogP contribution >= 0.6 is 12.2 Å². The zero-order valence-electron chi connectivity index (χ0n) is 18.1. The van der Waals surface area contributed by atoms with Crippen molar-refractivity contribution in [2.75, 3.05) is 12.1 Å². The molecule has 32 heavy (non-hydrogen) atoms. The number of nitrogens with one attached hydrogen (secondary N) is 2. The molecule has 1 aliphatic heterocycles. The van der Waals surface area contributed by atoms with Crippen LogP contribution in [0.25, 0.3) is 10.9 Å². The van der Waals surface area contributed by atoms with Crippen molar-refractivity contribution >= 4 is 33.9 Å². The van der Waals surface area contributed by atoms with Gasteiger partial charge in [-0.25, -0.2) is 0 Å². The van der Waals surface area contributed by atoms with Gasteiger partial charge in [0, 0.05) is 28.7 Å². The first-order valence-electron chi connectivity index (χ1n) is 11.2. The molecule has 3 aromatic rings. The average Bonchev–Trinajstić information content (AvgIpc) is 3.24. The SMILES string of the molecule is Cc1cccc(NC(=S)N(Cc2cc3cc4c(cc3[nH]c2=O)OCO4)C2CCCCC2)c1. The summed E-state index contributed by atoms with van der Waals surface area (Å²) in [7, 11) is 0. The van der Waals surface area contributed by atoms with Crippen molar-refractivity contribution in [1.29, 1.82) is 0 Å². The molecule has 0 bridgehead atoms. The van der Waals surface area contributed by atoms with E-state index in [1.54, 1.807) is 0 Å². The van der Waals surface area contributed by atoms with E-state index in [2.05, 4.69) is 34.3 Å². The second kappa shape index (κ2) is 8.82. The largest absolute Gasteiger partial charge is 0.454 e. The highest BCUT2D eigenvalue weighted by Gasteiger charge is 2.25. The van der Waals surface area contributed by atoms with Crippen molar-refractivity contribution in [2.45, 2.75) is 51.6 Å². The van der Waals surface area contributed by atoms with E-state index in [-0.39, 0.29) is 12.4 Å². The zero-order valence-corrected chi connectivity index (χ0v) is 19.0. The van der Waals surface area contributed by atoms with Gasteiger partial charge in [0.1, 0.15) is 0 Å². The standard InChI is InChI=1S/C25H27N3O3S/c1-16-6-5-7-19(10-16)26-25(32)28(20-8-3-2-4-9-20)14-18-11-17-12-22-23(31-15-30-22)13-21(17)27-24(18)29/h5-7,10-13,20H,2-4,8-9,14-15H2,1H3,(H,26,32)(H,27,29). The van der Waals surface area contributed by atoms with E-state index < -0.39 is 0 Å². The van der Waals surface area contributed by atoms with Gasteiger partial charge >= 0.3 is 0 Å². The molecule has 1 saturated carbocycles. The topological polar surface area (TPSA) is 66.6 Å². The quantitative estimate of drug-likeness (QED) is 0.541. The molecule has 166 valence electrons. The van der Waals surface area contributed by atoms with E-state index >= 15 is 0 Å². The lowest BCUT2D eigenvalue weighted by atomic mass is 9.94. The van der Waals surface area contributed by atoms with Gasteiger partial charge in [-0.05, 0) is 61.8 Å². The summed E-state index contributed by atoms with van der Waals surface area (Å²) in [4.78, 5) is 18.2. The van der Waals surface area contributed by atoms with Crippen molar-refractivity contribution in [3.8, 4) is 11.5 Å². The van der Waals surface area contributed by atoms with Gasteiger partial charge < -0.3 is 24.7 Å². The smallest absolute Gasteiger partial charge is 0.253 e. The molecule has 1 aromatic heterocycles. The van der Waals surface area contributed by atoms with Gasteiger partial charge in [0.25, 0.3) is 5.56 Å². The lowest BCUT2D eigenvalue weighted by Crippen LogP contribution is -2.44. The summed E-state index contributed by atoms with van der Waals surface area (Å²) in [5.74, 6) is 1.37. The highest BCUT2D eigenvalue weighted by atomic mass is 32.1. The molecular weight excluding hydrogens is 422 g/mol. The van der Waals surface area contributed by atoms with Gasteiger partial charge in [-0.15, -0.1) is 0 Å². The maximum atomic E-state index is 13.0. The van der Waals surface area contributed by atoms with Crippen LogP contribution in [0.4, 0.5) is 5.69 Å². The van der Waals surface area contributed by atoms with Crippen LogP contribution in [0.1, 0.15) is 43.2 Å². The number of anilines is 1. The third-order valence-corrected chi connectivity index (χ3v) is 6.64. The van der Waals surface area contributed by atoms with Gasteiger partial charge in [0.05, 0.1) is 12.1 Å². The van der Waals surface area contributed by atoms with E-state index in [1.807, 2.05) is 30.3 Å². The third kappa shape index (κ3) is 4.30. The first kappa shape index (κ1) is 20.8. The van der Waals surface area contributed by atoms with Crippen LogP contribution in [0, 0.1) is 6.92 Å². The Morgan fingerprint density at radius 3 is 2.69 bits per heavy atom. The van der Waals surface area contributed by atoms with Crippen LogP contribution in [-0.4, -0.2) is 27.8 Å². The number of fused-ring (bicyclic) bond motifs is 2. The molecule has 1 aliphatic carbocycles. The van der Waals surface area contributed by atoms with E-state index in [0.717, 1.165) is 29.4 Å². The summed E-state index contributed by atoms with van der Waals surface area (Å²) in [6.07, 6.45) is 5.79. The lowest BCUT2D eigenvalue weighted by molar-refractivity contribution is 0.174. The molecule has 2 aliphatic rings. The van der Waals surface area contributed by atoms with Crippen LogP contribution in [-0.2, 0) is 6.54 Å². The van der Waals surface area contributed by atoms with Crippen LogP contribution in [0.5, 0.6) is 11.5 Å². The summed E-state index contributed by atoms with van der Waals surface area (Å²) in [6, 6.07) is 14.2. The van der Waals surface area contributed by atoms with Gasteiger partial charge in [-0.1, -0.05) is 31.4 Å². The summed E-state index contributed by atoms with van der Waals surface area (Å²) < 4.78 is 11.0. The summed E-state index contributed by atoms with van der Waals surface area (Å²) >= 11 is 5.85. The number of rotatable bonds is 4. The number of pyridine rings is 1. The molecule has 5 rings (SSSR count). The van der Waals surface area contributed by atoms with Crippen molar-refractivity contribution in [1.82, 2.24) is 9.88 Å². The molecular formula is C25H27N3O3S. The molecule has 2 N–H and O–H groups in total. The minimum Gasteiger partial charge on any atom is -0.454 e. The van der Waals surface area contributed by atoms with Gasteiger partial charge in [0.2, 0.25) is 6.79 Å². The second-order valence-electron chi connectivity index (χ2n) is 8.64.